The molecule has 0 saturated carbocycles. The molecule has 1 heterocycles. The van der Waals surface area contributed by atoms with Crippen molar-refractivity contribution in [3.8, 4) is 5.75 Å². The number of hydrogen-bond acceptors (Lipinski definition) is 6. The van der Waals surface area contributed by atoms with Gasteiger partial charge in [-0.3, -0.25) is 9.59 Å². The van der Waals surface area contributed by atoms with Crippen molar-refractivity contribution in [3.63, 3.8) is 0 Å². The van der Waals surface area contributed by atoms with Crippen LogP contribution in [0.5, 0.6) is 5.75 Å². The Morgan fingerprint density at radius 2 is 1.93 bits per heavy atom. The van der Waals surface area contributed by atoms with Crippen LogP contribution in [0.2, 0.25) is 5.02 Å². The van der Waals surface area contributed by atoms with Gasteiger partial charge in [0.25, 0.3) is 10.0 Å². The quantitative estimate of drug-likeness (QED) is 0.653. The molecule has 7 nitrogen and oxygen atoms in total. The minimum atomic E-state index is -4.03. The van der Waals surface area contributed by atoms with E-state index < -0.39 is 15.9 Å². The van der Waals surface area contributed by atoms with Crippen LogP contribution in [0.25, 0.3) is 10.2 Å². The van der Waals surface area contributed by atoms with Crippen molar-refractivity contribution in [1.82, 2.24) is 9.29 Å². The molecule has 1 N–H and O–H groups in total. The van der Waals surface area contributed by atoms with Gasteiger partial charge < -0.3 is 9.30 Å². The van der Waals surface area contributed by atoms with Crippen LogP contribution in [0.15, 0.2) is 52.2 Å². The van der Waals surface area contributed by atoms with E-state index in [1.54, 1.807) is 31.3 Å². The zero-order chi connectivity index (χ0) is 19.6. The van der Waals surface area contributed by atoms with Crippen LogP contribution < -0.4 is 14.3 Å². The maximum Gasteiger partial charge on any atom is 0.307 e. The van der Waals surface area contributed by atoms with Crippen LogP contribution >= 0.6 is 22.9 Å². The van der Waals surface area contributed by atoms with Gasteiger partial charge in [-0.1, -0.05) is 22.9 Å². The second-order valence-corrected chi connectivity index (χ2v) is 8.75. The van der Waals surface area contributed by atoms with Gasteiger partial charge in [-0.05, 0) is 42.5 Å². The molecule has 0 bridgehead atoms. The molecule has 0 saturated heterocycles. The summed E-state index contributed by atoms with van der Waals surface area (Å²) in [6.45, 7) is 0.0162. The minimum Gasteiger partial charge on any atom is -0.493 e. The van der Waals surface area contributed by atoms with Gasteiger partial charge in [-0.15, -0.1) is 0 Å². The number of halogens is 1. The predicted molar refractivity (Wildman–Crippen MR) is 104 cm³/mol. The van der Waals surface area contributed by atoms with E-state index in [1.165, 1.54) is 22.8 Å². The fraction of sp³-hybridized carbons (Fsp3) is 0.176. The molecule has 142 valence electrons. The molecule has 0 fully saturated rings. The first-order chi connectivity index (χ1) is 12.8. The Morgan fingerprint density at radius 1 is 1.22 bits per heavy atom. The average molecular weight is 427 g/mol. The van der Waals surface area contributed by atoms with Gasteiger partial charge in [0, 0.05) is 12.1 Å². The number of nitrogens with one attached hydrogen (secondary N) is 1. The van der Waals surface area contributed by atoms with Crippen molar-refractivity contribution in [2.24, 2.45) is 7.05 Å². The van der Waals surface area contributed by atoms with Gasteiger partial charge in [0.05, 0.1) is 28.1 Å². The summed E-state index contributed by atoms with van der Waals surface area (Å²) in [7, 11) is -2.42. The maximum atomic E-state index is 12.4. The van der Waals surface area contributed by atoms with Gasteiger partial charge in [-0.25, -0.2) is 13.1 Å². The van der Waals surface area contributed by atoms with Crippen LogP contribution in [0.1, 0.15) is 6.42 Å². The Morgan fingerprint density at radius 3 is 2.63 bits per heavy atom. The second-order valence-electron chi connectivity index (χ2n) is 5.64. The van der Waals surface area contributed by atoms with Crippen molar-refractivity contribution in [2.75, 3.05) is 6.61 Å². The monoisotopic (exact) mass is 426 g/mol. The maximum absolute atomic E-state index is 12.4. The number of nitrogens with zero attached hydrogens (tertiary/aromatic N) is 1. The van der Waals surface area contributed by atoms with Crippen LogP contribution in [0, 0.1) is 0 Å². The third kappa shape index (κ3) is 4.49. The van der Waals surface area contributed by atoms with Gasteiger partial charge in [-0.2, -0.15) is 0 Å². The van der Waals surface area contributed by atoms with Crippen molar-refractivity contribution in [1.29, 1.82) is 0 Å². The SMILES string of the molecule is Cn1c(=O)sc2cc(S(=O)(=O)NC(=O)CCOc3ccc(Cl)cc3)ccc21. The Balaban J connectivity index is 1.64. The lowest BCUT2D eigenvalue weighted by molar-refractivity contribution is -0.119. The number of fused-ring (bicyclic) bond motifs is 1. The third-order valence-corrected chi connectivity index (χ3v) is 6.35. The minimum absolute atomic E-state index is 0.0162. The Labute approximate surface area is 164 Å². The summed E-state index contributed by atoms with van der Waals surface area (Å²) in [5.41, 5.74) is 0.631. The van der Waals surface area contributed by atoms with Gasteiger partial charge in [0.2, 0.25) is 5.91 Å². The molecule has 0 spiro atoms. The topological polar surface area (TPSA) is 94.5 Å². The van der Waals surface area contributed by atoms with Crippen molar-refractivity contribution >= 4 is 49.1 Å². The van der Waals surface area contributed by atoms with E-state index in [0.717, 1.165) is 11.3 Å². The van der Waals surface area contributed by atoms with Crippen LogP contribution in [0.4, 0.5) is 0 Å². The first-order valence-electron chi connectivity index (χ1n) is 7.80. The summed E-state index contributed by atoms with van der Waals surface area (Å²) in [5, 5.41) is 0.562. The molecule has 3 rings (SSSR count). The number of carbonyl (C=O) groups is 1. The van der Waals surface area contributed by atoms with Crippen molar-refractivity contribution in [3.05, 3.63) is 57.2 Å². The number of thiazole rings is 1. The molecule has 10 heteroatoms. The lowest BCUT2D eigenvalue weighted by atomic mass is 10.3. The van der Waals surface area contributed by atoms with Crippen LogP contribution in [0.3, 0.4) is 0 Å². The number of carbonyl (C=O) groups excluding carboxylic acids is 1. The summed E-state index contributed by atoms with van der Waals surface area (Å²) < 4.78 is 34.1. The van der Waals surface area contributed by atoms with E-state index >= 15 is 0 Å². The summed E-state index contributed by atoms with van der Waals surface area (Å²) in [6.07, 6.45) is -0.136. The highest BCUT2D eigenvalue weighted by Gasteiger charge is 2.19. The summed E-state index contributed by atoms with van der Waals surface area (Å²) in [6, 6.07) is 10.9. The largest absolute Gasteiger partial charge is 0.493 e. The van der Waals surface area contributed by atoms with Gasteiger partial charge >= 0.3 is 4.87 Å². The molecule has 2 aromatic carbocycles. The smallest absolute Gasteiger partial charge is 0.307 e. The lowest BCUT2D eigenvalue weighted by Crippen LogP contribution is -2.31. The molecule has 3 aromatic rings. The number of amides is 1. The molecule has 0 aliphatic rings. The van der Waals surface area contributed by atoms with E-state index in [1.807, 2.05) is 4.72 Å². The molecule has 0 aliphatic carbocycles. The Bertz CT molecular complexity index is 1150. The fourth-order valence-corrected chi connectivity index (χ4v) is 4.49. The zero-order valence-electron chi connectivity index (χ0n) is 14.1. The van der Waals surface area contributed by atoms with E-state index in [-0.39, 0.29) is 22.8 Å². The van der Waals surface area contributed by atoms with Crippen molar-refractivity contribution in [2.45, 2.75) is 11.3 Å². The number of rotatable bonds is 6. The Hall–Kier alpha value is -2.36. The number of aromatic nitrogens is 1. The number of aryl methyl sites for hydroxylation is 1. The van der Waals surface area contributed by atoms with E-state index in [2.05, 4.69) is 0 Å². The molecular weight excluding hydrogens is 412 g/mol. The molecule has 0 aliphatic heterocycles. The number of hydrogen-bond donors (Lipinski definition) is 1. The zero-order valence-corrected chi connectivity index (χ0v) is 16.5. The van der Waals surface area contributed by atoms with Crippen LogP contribution in [-0.2, 0) is 21.9 Å². The Kier molecular flexibility index (Phi) is 5.54. The predicted octanol–water partition coefficient (Wildman–Crippen LogP) is 2.53. The third-order valence-electron chi connectivity index (χ3n) is 3.73. The average Bonchev–Trinajstić information content (AvgIpc) is 2.90. The number of ether oxygens (including phenoxy) is 1. The van der Waals surface area contributed by atoms with Gasteiger partial charge in [0.1, 0.15) is 5.75 Å². The number of benzene rings is 2. The normalized spacial score (nSPS) is 11.5. The first kappa shape index (κ1) is 19.4. The molecule has 0 unspecified atom stereocenters. The fourth-order valence-electron chi connectivity index (χ4n) is 2.33. The first-order valence-corrected chi connectivity index (χ1v) is 10.5. The molecule has 0 radical (unpaired) electrons. The highest BCUT2D eigenvalue weighted by atomic mass is 35.5. The lowest BCUT2D eigenvalue weighted by Gasteiger charge is -2.08. The van der Waals surface area contributed by atoms with E-state index in [9.17, 15) is 18.0 Å². The van der Waals surface area contributed by atoms with Crippen LogP contribution in [-0.4, -0.2) is 25.5 Å². The summed E-state index contributed by atoms with van der Waals surface area (Å²) in [4.78, 5) is 23.4. The molecule has 27 heavy (non-hydrogen) atoms. The second kappa shape index (κ2) is 7.71. The summed E-state index contributed by atoms with van der Waals surface area (Å²) >= 11 is 6.71. The van der Waals surface area contributed by atoms with E-state index in [0.29, 0.717) is 21.0 Å². The summed E-state index contributed by atoms with van der Waals surface area (Å²) in [5.74, 6) is -0.162. The molecule has 1 amide bonds. The highest BCUT2D eigenvalue weighted by Crippen LogP contribution is 2.21. The van der Waals surface area contributed by atoms with Crippen molar-refractivity contribution < 1.29 is 17.9 Å². The van der Waals surface area contributed by atoms with E-state index in [4.69, 9.17) is 16.3 Å². The van der Waals surface area contributed by atoms with Gasteiger partial charge in [0.15, 0.2) is 0 Å². The highest BCUT2D eigenvalue weighted by molar-refractivity contribution is 7.90. The molecule has 0 atom stereocenters. The molecular formula is C17H15ClN2O5S2. The standard InChI is InChI=1S/C17H15ClN2O5S2/c1-20-14-7-6-13(10-15(14)26-17(20)22)27(23,24)19-16(21)8-9-25-12-4-2-11(18)3-5-12/h2-7,10H,8-9H2,1H3,(H,19,21). The number of sulfonamides is 1. The molecule has 1 aromatic heterocycles.